The molecule has 0 bridgehead atoms. The first-order valence-corrected chi connectivity index (χ1v) is 4.39. The summed E-state index contributed by atoms with van der Waals surface area (Å²) in [5.41, 5.74) is 5.02. The van der Waals surface area contributed by atoms with Crippen molar-refractivity contribution in [3.8, 4) is 0 Å². The van der Waals surface area contributed by atoms with Gasteiger partial charge in [-0.2, -0.15) is 0 Å². The Bertz CT molecular complexity index is 216. The predicted octanol–water partition coefficient (Wildman–Crippen LogP) is -0.431. The highest BCUT2D eigenvalue weighted by Gasteiger charge is 2.05. The van der Waals surface area contributed by atoms with E-state index in [0.29, 0.717) is 19.6 Å². The van der Waals surface area contributed by atoms with Crippen LogP contribution in [0.3, 0.4) is 0 Å². The van der Waals surface area contributed by atoms with Gasteiger partial charge in [0.2, 0.25) is 5.91 Å². The molecule has 0 spiro atoms. The Morgan fingerprint density at radius 3 is 2.79 bits per heavy atom. The first kappa shape index (κ1) is 12.6. The number of carbonyl (C=O) groups is 2. The van der Waals surface area contributed by atoms with Gasteiger partial charge in [-0.15, -0.1) is 0 Å². The van der Waals surface area contributed by atoms with Gasteiger partial charge in [-0.25, -0.2) is 4.79 Å². The molecule has 0 saturated carbocycles. The van der Waals surface area contributed by atoms with Crippen LogP contribution in [0, 0.1) is 0 Å². The van der Waals surface area contributed by atoms with Crippen LogP contribution < -0.4 is 11.1 Å². The molecule has 0 saturated heterocycles. The van der Waals surface area contributed by atoms with Crippen LogP contribution in [0.25, 0.3) is 0 Å². The topological polar surface area (TPSA) is 81.4 Å². The van der Waals surface area contributed by atoms with Gasteiger partial charge in [0.25, 0.3) is 0 Å². The lowest BCUT2D eigenvalue weighted by molar-refractivity contribution is -0.137. The standard InChI is InChI=1S/C9H16N2O3/c1-3-8(12)14-6-4-5-11-7(2)9(10)13/h3,7,11H,1,4-6H2,2H3,(H2,10,13)/t7-/m0/s1. The van der Waals surface area contributed by atoms with Crippen molar-refractivity contribution in [1.82, 2.24) is 5.32 Å². The van der Waals surface area contributed by atoms with Crippen molar-refractivity contribution in [2.75, 3.05) is 13.2 Å². The molecule has 0 aliphatic rings. The summed E-state index contributed by atoms with van der Waals surface area (Å²) in [6.45, 7) is 5.83. The van der Waals surface area contributed by atoms with Crippen molar-refractivity contribution in [3.05, 3.63) is 12.7 Å². The van der Waals surface area contributed by atoms with Crippen LogP contribution in [0.5, 0.6) is 0 Å². The van der Waals surface area contributed by atoms with E-state index in [9.17, 15) is 9.59 Å². The molecule has 0 aliphatic heterocycles. The van der Waals surface area contributed by atoms with Crippen LogP contribution >= 0.6 is 0 Å². The number of ether oxygens (including phenoxy) is 1. The number of nitrogens with one attached hydrogen (secondary N) is 1. The molecule has 1 amide bonds. The monoisotopic (exact) mass is 200 g/mol. The van der Waals surface area contributed by atoms with Crippen molar-refractivity contribution < 1.29 is 14.3 Å². The smallest absolute Gasteiger partial charge is 0.330 e. The van der Waals surface area contributed by atoms with Gasteiger partial charge in [-0.05, 0) is 19.9 Å². The third kappa shape index (κ3) is 6.19. The molecule has 80 valence electrons. The Morgan fingerprint density at radius 1 is 1.64 bits per heavy atom. The molecule has 5 heteroatoms. The summed E-state index contributed by atoms with van der Waals surface area (Å²) >= 11 is 0. The van der Waals surface area contributed by atoms with Gasteiger partial charge < -0.3 is 15.8 Å². The maximum atomic E-state index is 10.6. The van der Waals surface area contributed by atoms with Gasteiger partial charge in [0, 0.05) is 6.08 Å². The second-order valence-electron chi connectivity index (χ2n) is 2.80. The van der Waals surface area contributed by atoms with E-state index in [1.807, 2.05) is 0 Å². The van der Waals surface area contributed by atoms with Gasteiger partial charge in [-0.1, -0.05) is 6.58 Å². The van der Waals surface area contributed by atoms with Crippen LogP contribution in [0.2, 0.25) is 0 Å². The number of hydrogen-bond donors (Lipinski definition) is 2. The van der Waals surface area contributed by atoms with E-state index in [4.69, 9.17) is 10.5 Å². The minimum atomic E-state index is -0.437. The number of nitrogens with two attached hydrogens (primary N) is 1. The molecule has 0 aromatic rings. The van der Waals surface area contributed by atoms with E-state index in [0.717, 1.165) is 6.08 Å². The predicted molar refractivity (Wildman–Crippen MR) is 52.4 cm³/mol. The number of esters is 1. The second-order valence-corrected chi connectivity index (χ2v) is 2.80. The van der Waals surface area contributed by atoms with Crippen LogP contribution in [0.4, 0.5) is 0 Å². The van der Waals surface area contributed by atoms with E-state index in [-0.39, 0.29) is 6.04 Å². The summed E-state index contributed by atoms with van der Waals surface area (Å²) in [5.74, 6) is -0.832. The summed E-state index contributed by atoms with van der Waals surface area (Å²) in [4.78, 5) is 21.2. The molecule has 0 unspecified atom stereocenters. The summed E-state index contributed by atoms with van der Waals surface area (Å²) in [6, 6.07) is -0.356. The Hall–Kier alpha value is -1.36. The zero-order chi connectivity index (χ0) is 11.0. The fourth-order valence-electron chi connectivity index (χ4n) is 0.723. The lowest BCUT2D eigenvalue weighted by Crippen LogP contribution is -2.39. The molecule has 1 atom stereocenters. The third-order valence-electron chi connectivity index (χ3n) is 1.61. The molecule has 0 heterocycles. The third-order valence-corrected chi connectivity index (χ3v) is 1.61. The number of hydrogen-bond acceptors (Lipinski definition) is 4. The SMILES string of the molecule is C=CC(=O)OCCCN[C@@H](C)C(N)=O. The normalized spacial score (nSPS) is 11.8. The summed E-state index contributed by atoms with van der Waals surface area (Å²) in [6.07, 6.45) is 1.75. The highest BCUT2D eigenvalue weighted by molar-refractivity contribution is 5.81. The minimum absolute atomic E-state index is 0.309. The Kier molecular flexibility index (Phi) is 6.39. The maximum Gasteiger partial charge on any atom is 0.330 e. The molecule has 0 rings (SSSR count). The maximum absolute atomic E-state index is 10.6. The van der Waals surface area contributed by atoms with Crippen molar-refractivity contribution in [1.29, 1.82) is 0 Å². The minimum Gasteiger partial charge on any atom is -0.462 e. The fourth-order valence-corrected chi connectivity index (χ4v) is 0.723. The largest absolute Gasteiger partial charge is 0.462 e. The summed E-state index contributed by atoms with van der Waals surface area (Å²) < 4.78 is 4.72. The van der Waals surface area contributed by atoms with Crippen LogP contribution in [-0.4, -0.2) is 31.1 Å². The average molecular weight is 200 g/mol. The van der Waals surface area contributed by atoms with E-state index < -0.39 is 11.9 Å². The van der Waals surface area contributed by atoms with E-state index >= 15 is 0 Å². The molecule has 3 N–H and O–H groups in total. The number of rotatable bonds is 7. The van der Waals surface area contributed by atoms with Crippen LogP contribution in [0.15, 0.2) is 12.7 Å². The van der Waals surface area contributed by atoms with Gasteiger partial charge in [-0.3, -0.25) is 4.79 Å². The van der Waals surface area contributed by atoms with Crippen molar-refractivity contribution in [2.24, 2.45) is 5.73 Å². The van der Waals surface area contributed by atoms with E-state index in [1.54, 1.807) is 6.92 Å². The van der Waals surface area contributed by atoms with Crippen molar-refractivity contribution in [2.45, 2.75) is 19.4 Å². The first-order chi connectivity index (χ1) is 6.57. The molecule has 5 nitrogen and oxygen atoms in total. The highest BCUT2D eigenvalue weighted by Crippen LogP contribution is 1.85. The van der Waals surface area contributed by atoms with Gasteiger partial charge >= 0.3 is 5.97 Å². The van der Waals surface area contributed by atoms with Crippen LogP contribution in [-0.2, 0) is 14.3 Å². The molecule has 0 fully saturated rings. The Balaban J connectivity index is 3.34. The zero-order valence-electron chi connectivity index (χ0n) is 8.29. The molecular weight excluding hydrogens is 184 g/mol. The molecule has 0 aromatic heterocycles. The average Bonchev–Trinajstić information content (AvgIpc) is 2.16. The first-order valence-electron chi connectivity index (χ1n) is 4.39. The summed E-state index contributed by atoms with van der Waals surface area (Å²) in [7, 11) is 0. The van der Waals surface area contributed by atoms with E-state index in [2.05, 4.69) is 11.9 Å². The fraction of sp³-hybridized carbons (Fsp3) is 0.556. The Labute approximate surface area is 83.3 Å². The molecule has 0 radical (unpaired) electrons. The lowest BCUT2D eigenvalue weighted by Gasteiger charge is -2.09. The number of amides is 1. The van der Waals surface area contributed by atoms with Gasteiger partial charge in [0.15, 0.2) is 0 Å². The quantitative estimate of drug-likeness (QED) is 0.332. The highest BCUT2D eigenvalue weighted by atomic mass is 16.5. The second kappa shape index (κ2) is 7.08. The Morgan fingerprint density at radius 2 is 2.29 bits per heavy atom. The van der Waals surface area contributed by atoms with Crippen molar-refractivity contribution in [3.63, 3.8) is 0 Å². The molecule has 14 heavy (non-hydrogen) atoms. The molecular formula is C9H16N2O3. The van der Waals surface area contributed by atoms with Crippen molar-refractivity contribution >= 4 is 11.9 Å². The van der Waals surface area contributed by atoms with Gasteiger partial charge in [0.1, 0.15) is 0 Å². The zero-order valence-corrected chi connectivity index (χ0v) is 8.29. The lowest BCUT2D eigenvalue weighted by atomic mass is 10.3. The van der Waals surface area contributed by atoms with E-state index in [1.165, 1.54) is 0 Å². The van der Waals surface area contributed by atoms with Crippen LogP contribution in [0.1, 0.15) is 13.3 Å². The number of primary amides is 1. The molecule has 0 aliphatic carbocycles. The molecule has 0 aromatic carbocycles. The van der Waals surface area contributed by atoms with Gasteiger partial charge in [0.05, 0.1) is 12.6 Å². The number of carbonyl (C=O) groups excluding carboxylic acids is 2. The summed E-state index contributed by atoms with van der Waals surface area (Å²) in [5, 5.41) is 2.88.